The molecule has 0 fully saturated rings. The van der Waals surface area contributed by atoms with Crippen molar-refractivity contribution in [2.24, 2.45) is 0 Å². The quantitative estimate of drug-likeness (QED) is 0.367. The molecule has 28 heavy (non-hydrogen) atoms. The van der Waals surface area contributed by atoms with Crippen molar-refractivity contribution in [3.63, 3.8) is 0 Å². The second-order valence-corrected chi connectivity index (χ2v) is 8.57. The number of fused-ring (bicyclic) bond motifs is 1. The molecule has 0 radical (unpaired) electrons. The SMILES string of the molecule is Br.Br.CCN(CC)CCn1c(=N)n(CC(=O)c2ccc(Br)s2)c2ccccc21. The van der Waals surface area contributed by atoms with Crippen molar-refractivity contribution in [3.8, 4) is 0 Å². The Bertz CT molecular complexity index is 975. The topological polar surface area (TPSA) is 54.0 Å². The van der Waals surface area contributed by atoms with E-state index >= 15 is 0 Å². The summed E-state index contributed by atoms with van der Waals surface area (Å²) < 4.78 is 4.76. The molecule has 0 atom stereocenters. The average molecular weight is 597 g/mol. The van der Waals surface area contributed by atoms with E-state index in [0.29, 0.717) is 10.5 Å². The van der Waals surface area contributed by atoms with Crippen LogP contribution >= 0.6 is 61.2 Å². The van der Waals surface area contributed by atoms with E-state index in [2.05, 4.69) is 34.7 Å². The molecular weight excluding hydrogens is 572 g/mol. The summed E-state index contributed by atoms with van der Waals surface area (Å²) in [7, 11) is 0. The van der Waals surface area contributed by atoms with Gasteiger partial charge in [-0.25, -0.2) is 0 Å². The molecule has 3 rings (SSSR count). The molecule has 2 aromatic heterocycles. The molecule has 0 saturated carbocycles. The third-order valence-electron chi connectivity index (χ3n) is 4.66. The van der Waals surface area contributed by atoms with E-state index in [9.17, 15) is 4.79 Å². The number of ketones is 1. The minimum atomic E-state index is 0. The third-order valence-corrected chi connectivity index (χ3v) is 6.32. The first kappa shape index (κ1) is 25.3. The van der Waals surface area contributed by atoms with Crippen molar-refractivity contribution in [3.05, 3.63) is 50.7 Å². The van der Waals surface area contributed by atoms with Gasteiger partial charge in [-0.1, -0.05) is 26.0 Å². The van der Waals surface area contributed by atoms with E-state index in [1.54, 1.807) is 0 Å². The van der Waals surface area contributed by atoms with Gasteiger partial charge in [0, 0.05) is 13.1 Å². The smallest absolute Gasteiger partial charge is 0.203 e. The number of hydrogen-bond acceptors (Lipinski definition) is 4. The summed E-state index contributed by atoms with van der Waals surface area (Å²) in [6.07, 6.45) is 0. The van der Waals surface area contributed by atoms with Gasteiger partial charge in [0.2, 0.25) is 5.62 Å². The number of carbonyl (C=O) groups is 1. The maximum atomic E-state index is 12.7. The van der Waals surface area contributed by atoms with E-state index in [1.807, 2.05) is 45.5 Å². The van der Waals surface area contributed by atoms with Crippen molar-refractivity contribution in [1.29, 1.82) is 5.41 Å². The predicted octanol–water partition coefficient (Wildman–Crippen LogP) is 5.13. The molecule has 154 valence electrons. The number of aromatic nitrogens is 2. The first-order valence-corrected chi connectivity index (χ1v) is 10.4. The van der Waals surface area contributed by atoms with Crippen LogP contribution < -0.4 is 5.62 Å². The highest BCUT2D eigenvalue weighted by molar-refractivity contribution is 9.11. The molecule has 9 heteroatoms. The van der Waals surface area contributed by atoms with E-state index in [0.717, 1.165) is 41.0 Å². The highest BCUT2D eigenvalue weighted by atomic mass is 79.9. The molecule has 0 aliphatic rings. The molecule has 5 nitrogen and oxygen atoms in total. The van der Waals surface area contributed by atoms with Crippen LogP contribution in [0.4, 0.5) is 0 Å². The van der Waals surface area contributed by atoms with Crippen LogP contribution in [0.15, 0.2) is 40.2 Å². The van der Waals surface area contributed by atoms with Gasteiger partial charge >= 0.3 is 0 Å². The molecule has 0 amide bonds. The normalized spacial score (nSPS) is 10.7. The fourth-order valence-corrected chi connectivity index (χ4v) is 4.46. The number of Topliss-reactive ketones (excluding diaryl/α,β-unsaturated/α-hetero) is 1. The summed E-state index contributed by atoms with van der Waals surface area (Å²) in [5, 5.41) is 8.64. The lowest BCUT2D eigenvalue weighted by Gasteiger charge is -2.18. The van der Waals surface area contributed by atoms with Crippen molar-refractivity contribution in [2.75, 3.05) is 19.6 Å². The summed E-state index contributed by atoms with van der Waals surface area (Å²) in [6, 6.07) is 11.7. The van der Waals surface area contributed by atoms with Crippen molar-refractivity contribution in [2.45, 2.75) is 26.9 Å². The van der Waals surface area contributed by atoms with Crippen LogP contribution in [0.25, 0.3) is 11.0 Å². The van der Waals surface area contributed by atoms with Crippen LogP contribution in [-0.4, -0.2) is 39.5 Å². The Labute approximate surface area is 198 Å². The van der Waals surface area contributed by atoms with Crippen molar-refractivity contribution < 1.29 is 4.79 Å². The zero-order valence-corrected chi connectivity index (χ0v) is 21.7. The molecule has 3 aromatic rings. The molecule has 0 saturated heterocycles. The number of benzene rings is 1. The standard InChI is InChI=1S/C19H23BrN4OS.2BrH/c1-3-22(4-2)11-12-23-14-7-5-6-8-15(14)24(19(23)21)13-16(25)17-9-10-18(20)26-17;;/h5-10,21H,3-4,11-13H2,1-2H3;2*1H. The second-order valence-electron chi connectivity index (χ2n) is 6.10. The highest BCUT2D eigenvalue weighted by Crippen LogP contribution is 2.23. The maximum absolute atomic E-state index is 12.7. The Morgan fingerprint density at radius 2 is 1.68 bits per heavy atom. The molecule has 1 N–H and O–H groups in total. The van der Waals surface area contributed by atoms with E-state index in [-0.39, 0.29) is 46.3 Å². The first-order valence-electron chi connectivity index (χ1n) is 8.78. The van der Waals surface area contributed by atoms with Gasteiger partial charge in [0.05, 0.1) is 26.2 Å². The van der Waals surface area contributed by atoms with Crippen molar-refractivity contribution in [1.82, 2.24) is 14.0 Å². The highest BCUT2D eigenvalue weighted by Gasteiger charge is 2.16. The molecule has 2 heterocycles. The van der Waals surface area contributed by atoms with Crippen LogP contribution in [0.5, 0.6) is 0 Å². The largest absolute Gasteiger partial charge is 0.309 e. The first-order chi connectivity index (χ1) is 12.5. The second kappa shape index (κ2) is 11.4. The fraction of sp³-hybridized carbons (Fsp3) is 0.368. The number of imidazole rings is 1. The zero-order chi connectivity index (χ0) is 18.7. The molecule has 0 spiro atoms. The van der Waals surface area contributed by atoms with Crippen molar-refractivity contribution >= 4 is 78.0 Å². The molecule has 0 aliphatic heterocycles. The van der Waals surface area contributed by atoms with Gasteiger partial charge in [-0.15, -0.1) is 45.3 Å². The van der Waals surface area contributed by atoms with Crippen LogP contribution in [0.3, 0.4) is 0 Å². The van der Waals surface area contributed by atoms with Crippen LogP contribution in [0, 0.1) is 5.41 Å². The summed E-state index contributed by atoms with van der Waals surface area (Å²) in [5.41, 5.74) is 2.31. The number of nitrogens with one attached hydrogen (secondary N) is 1. The molecular formula is C19H25Br3N4OS. The summed E-state index contributed by atoms with van der Waals surface area (Å²) in [5.74, 6) is 0.0332. The number of nitrogens with zero attached hydrogens (tertiary/aromatic N) is 3. The Hall–Kier alpha value is -0.740. The molecule has 0 unspecified atom stereocenters. The molecule has 1 aromatic carbocycles. The van der Waals surface area contributed by atoms with E-state index < -0.39 is 0 Å². The summed E-state index contributed by atoms with van der Waals surface area (Å²) in [4.78, 5) is 15.7. The number of para-hydroxylation sites is 2. The fourth-order valence-electron chi connectivity index (χ4n) is 3.15. The number of likely N-dealkylation sites (N-methyl/N-ethyl adjacent to an activating group) is 1. The lowest BCUT2D eigenvalue weighted by atomic mass is 10.3. The minimum Gasteiger partial charge on any atom is -0.309 e. The monoisotopic (exact) mass is 594 g/mol. The average Bonchev–Trinajstić information content (AvgIpc) is 3.19. The number of carbonyl (C=O) groups excluding carboxylic acids is 1. The molecule has 0 bridgehead atoms. The van der Waals surface area contributed by atoms with Gasteiger partial charge < -0.3 is 14.0 Å². The van der Waals surface area contributed by atoms with E-state index in [1.165, 1.54) is 11.3 Å². The van der Waals surface area contributed by atoms with Crippen LogP contribution in [0.1, 0.15) is 23.5 Å². The lowest BCUT2D eigenvalue weighted by molar-refractivity contribution is 0.0975. The van der Waals surface area contributed by atoms with E-state index in [4.69, 9.17) is 5.41 Å². The number of halogens is 3. The summed E-state index contributed by atoms with van der Waals surface area (Å²) >= 11 is 4.84. The van der Waals surface area contributed by atoms with Gasteiger partial charge in [0.1, 0.15) is 0 Å². The van der Waals surface area contributed by atoms with Gasteiger partial charge in [0.15, 0.2) is 5.78 Å². The third kappa shape index (κ3) is 5.44. The Kier molecular flexibility index (Phi) is 10.3. The number of rotatable bonds is 8. The van der Waals surface area contributed by atoms with Gasteiger partial charge in [0.25, 0.3) is 0 Å². The maximum Gasteiger partial charge on any atom is 0.203 e. The van der Waals surface area contributed by atoms with Gasteiger partial charge in [-0.05, 0) is 53.3 Å². The van der Waals surface area contributed by atoms with Gasteiger partial charge in [-0.2, -0.15) is 0 Å². The Morgan fingerprint density at radius 3 is 2.21 bits per heavy atom. The zero-order valence-electron chi connectivity index (χ0n) is 15.9. The van der Waals surface area contributed by atoms with Gasteiger partial charge in [-0.3, -0.25) is 10.2 Å². The van der Waals surface area contributed by atoms with Crippen LogP contribution in [0.2, 0.25) is 0 Å². The minimum absolute atomic E-state index is 0. The lowest BCUT2D eigenvalue weighted by Crippen LogP contribution is -2.32. The summed E-state index contributed by atoms with van der Waals surface area (Å²) in [6.45, 7) is 8.11. The Morgan fingerprint density at radius 1 is 1.07 bits per heavy atom. The Balaban J connectivity index is 0.00000196. The number of hydrogen-bond donors (Lipinski definition) is 1. The predicted molar refractivity (Wildman–Crippen MR) is 131 cm³/mol. The number of thiophene rings is 1. The van der Waals surface area contributed by atoms with Crippen LogP contribution in [-0.2, 0) is 13.1 Å². The molecule has 0 aliphatic carbocycles.